The highest BCUT2D eigenvalue weighted by Gasteiger charge is 2.35. The maximum Gasteiger partial charge on any atom is 0.149 e. The van der Waals surface area contributed by atoms with Crippen LogP contribution in [-0.4, -0.2) is 52.5 Å². The van der Waals surface area contributed by atoms with Gasteiger partial charge in [-0.05, 0) is 12.8 Å². The first-order valence-electron chi connectivity index (χ1n) is 7.16. The second-order valence-corrected chi connectivity index (χ2v) is 5.97. The summed E-state index contributed by atoms with van der Waals surface area (Å²) >= 11 is 0. The van der Waals surface area contributed by atoms with E-state index in [1.165, 1.54) is 13.1 Å². The molecule has 1 unspecified atom stereocenters. The molecule has 0 aromatic carbocycles. The molecule has 2 N–H and O–H groups in total. The molecule has 3 aliphatic rings. The number of rotatable bonds is 2. The minimum atomic E-state index is 0.324. The second kappa shape index (κ2) is 4.72. The maximum absolute atomic E-state index is 6.14. The monoisotopic (exact) mass is 261 g/mol. The summed E-state index contributed by atoms with van der Waals surface area (Å²) in [6.07, 6.45) is 0. The smallest absolute Gasteiger partial charge is 0.149 e. The van der Waals surface area contributed by atoms with Crippen molar-refractivity contribution in [3.8, 4) is 0 Å². The molecule has 0 saturated carbocycles. The van der Waals surface area contributed by atoms with Crippen LogP contribution in [0.2, 0.25) is 0 Å². The summed E-state index contributed by atoms with van der Waals surface area (Å²) in [5, 5.41) is 0. The number of hydrogen-bond donors (Lipinski definition) is 1. The van der Waals surface area contributed by atoms with Gasteiger partial charge in [0.25, 0.3) is 0 Å². The highest BCUT2D eigenvalue weighted by Crippen LogP contribution is 2.30. The molecule has 5 heteroatoms. The molecule has 4 rings (SSSR count). The van der Waals surface area contributed by atoms with E-state index in [0.717, 1.165) is 36.7 Å². The van der Waals surface area contributed by atoms with Crippen molar-refractivity contribution in [1.82, 2.24) is 19.8 Å². The molecule has 0 radical (unpaired) electrons. The molecule has 0 spiro atoms. The third kappa shape index (κ3) is 2.21. The number of fused-ring (bicyclic) bond motifs is 3. The minimum absolute atomic E-state index is 0.324. The Kier molecular flexibility index (Phi) is 3.19. The Morgan fingerprint density at radius 3 is 2.32 bits per heavy atom. The van der Waals surface area contributed by atoms with Crippen molar-refractivity contribution < 1.29 is 0 Å². The Morgan fingerprint density at radius 2 is 1.84 bits per heavy atom. The summed E-state index contributed by atoms with van der Waals surface area (Å²) in [5.74, 6) is 1.94. The summed E-state index contributed by atoms with van der Waals surface area (Å²) < 4.78 is 0. The highest BCUT2D eigenvalue weighted by atomic mass is 15.4. The molecule has 3 aliphatic heterocycles. The Bertz CT molecular complexity index is 454. The highest BCUT2D eigenvalue weighted by molar-refractivity contribution is 5.44. The molecule has 3 saturated heterocycles. The lowest BCUT2D eigenvalue weighted by molar-refractivity contribution is 0.00863. The van der Waals surface area contributed by atoms with E-state index in [-0.39, 0.29) is 0 Å². The topological polar surface area (TPSA) is 58.3 Å². The van der Waals surface area contributed by atoms with E-state index in [4.69, 9.17) is 10.7 Å². The third-order valence-corrected chi connectivity index (χ3v) is 4.34. The number of anilines is 1. The Labute approximate surface area is 114 Å². The van der Waals surface area contributed by atoms with Crippen LogP contribution in [0.3, 0.4) is 0 Å². The van der Waals surface area contributed by atoms with Crippen LogP contribution in [0.1, 0.15) is 42.9 Å². The van der Waals surface area contributed by atoms with Crippen molar-refractivity contribution in [2.24, 2.45) is 0 Å². The lowest BCUT2D eigenvalue weighted by atomic mass is 10.0. The van der Waals surface area contributed by atoms with Crippen LogP contribution in [0, 0.1) is 6.92 Å². The summed E-state index contributed by atoms with van der Waals surface area (Å²) in [6, 6.07) is 0.324. The summed E-state index contributed by atoms with van der Waals surface area (Å²) in [4.78, 5) is 14.3. The van der Waals surface area contributed by atoms with E-state index < -0.39 is 0 Å². The fraction of sp³-hybridized carbons (Fsp3) is 0.714. The van der Waals surface area contributed by atoms with Crippen molar-refractivity contribution in [1.29, 1.82) is 0 Å². The first-order valence-corrected chi connectivity index (χ1v) is 7.16. The van der Waals surface area contributed by atoms with Gasteiger partial charge in [0, 0.05) is 44.0 Å². The number of nitrogens with two attached hydrogens (primary N) is 1. The Morgan fingerprint density at radius 1 is 1.16 bits per heavy atom. The molecule has 1 aromatic rings. The quantitative estimate of drug-likeness (QED) is 0.866. The standard InChI is InChI=1S/C14H23N5/c1-9(2)12-10(3)16-14(17-13(12)15)11-8-18-4-6-19(11)7-5-18/h9,11H,4-8H2,1-3H3,(H2,15,16,17). The van der Waals surface area contributed by atoms with Crippen LogP contribution in [0.4, 0.5) is 5.82 Å². The first kappa shape index (κ1) is 12.8. The van der Waals surface area contributed by atoms with Gasteiger partial charge in [-0.15, -0.1) is 0 Å². The summed E-state index contributed by atoms with van der Waals surface area (Å²) in [6.45, 7) is 12.0. The van der Waals surface area contributed by atoms with Gasteiger partial charge in [-0.2, -0.15) is 0 Å². The van der Waals surface area contributed by atoms with Gasteiger partial charge in [0.2, 0.25) is 0 Å². The van der Waals surface area contributed by atoms with E-state index in [2.05, 4.69) is 28.6 Å². The van der Waals surface area contributed by atoms with Gasteiger partial charge in [0.1, 0.15) is 11.6 Å². The average Bonchev–Trinajstić information content (AvgIpc) is 2.38. The summed E-state index contributed by atoms with van der Waals surface area (Å²) in [5.41, 5.74) is 8.28. The number of hydrogen-bond acceptors (Lipinski definition) is 5. The van der Waals surface area contributed by atoms with Crippen LogP contribution < -0.4 is 5.73 Å². The molecule has 2 bridgehead atoms. The van der Waals surface area contributed by atoms with Crippen molar-refractivity contribution in [3.63, 3.8) is 0 Å². The van der Waals surface area contributed by atoms with Gasteiger partial charge < -0.3 is 5.73 Å². The molecule has 1 atom stereocenters. The van der Waals surface area contributed by atoms with E-state index in [1.54, 1.807) is 0 Å². The van der Waals surface area contributed by atoms with E-state index in [9.17, 15) is 0 Å². The Balaban J connectivity index is 1.94. The molecule has 0 aliphatic carbocycles. The van der Waals surface area contributed by atoms with Crippen molar-refractivity contribution in [3.05, 3.63) is 17.1 Å². The predicted molar refractivity (Wildman–Crippen MR) is 76.0 cm³/mol. The number of piperazine rings is 3. The first-order chi connectivity index (χ1) is 9.06. The number of aryl methyl sites for hydroxylation is 1. The van der Waals surface area contributed by atoms with E-state index in [1.807, 2.05) is 6.92 Å². The predicted octanol–water partition coefficient (Wildman–Crippen LogP) is 1.16. The molecule has 19 heavy (non-hydrogen) atoms. The van der Waals surface area contributed by atoms with Crippen LogP contribution in [-0.2, 0) is 0 Å². The van der Waals surface area contributed by atoms with Crippen molar-refractivity contribution in [2.75, 3.05) is 38.5 Å². The van der Waals surface area contributed by atoms with Crippen molar-refractivity contribution in [2.45, 2.75) is 32.7 Å². The Hall–Kier alpha value is -1.20. The second-order valence-electron chi connectivity index (χ2n) is 5.97. The number of aromatic nitrogens is 2. The van der Waals surface area contributed by atoms with Crippen LogP contribution in [0.5, 0.6) is 0 Å². The zero-order valence-corrected chi connectivity index (χ0v) is 12.1. The normalized spacial score (nSPS) is 30.0. The van der Waals surface area contributed by atoms with Gasteiger partial charge >= 0.3 is 0 Å². The molecule has 3 fully saturated rings. The average molecular weight is 261 g/mol. The zero-order chi connectivity index (χ0) is 13.6. The van der Waals surface area contributed by atoms with Crippen LogP contribution >= 0.6 is 0 Å². The molecule has 4 heterocycles. The fourth-order valence-electron chi connectivity index (χ4n) is 3.35. The van der Waals surface area contributed by atoms with E-state index >= 15 is 0 Å². The number of nitrogen functional groups attached to an aromatic ring is 1. The van der Waals surface area contributed by atoms with Gasteiger partial charge in [-0.25, -0.2) is 9.97 Å². The van der Waals surface area contributed by atoms with E-state index in [0.29, 0.717) is 17.8 Å². The van der Waals surface area contributed by atoms with Gasteiger partial charge in [0.05, 0.1) is 6.04 Å². The van der Waals surface area contributed by atoms with Crippen LogP contribution in [0.25, 0.3) is 0 Å². The lowest BCUT2D eigenvalue weighted by Crippen LogP contribution is -2.57. The van der Waals surface area contributed by atoms with Crippen molar-refractivity contribution >= 4 is 5.82 Å². The fourth-order valence-corrected chi connectivity index (χ4v) is 3.35. The number of nitrogens with zero attached hydrogens (tertiary/aromatic N) is 4. The lowest BCUT2D eigenvalue weighted by Gasteiger charge is -2.46. The maximum atomic E-state index is 6.14. The zero-order valence-electron chi connectivity index (χ0n) is 12.1. The molecule has 5 nitrogen and oxygen atoms in total. The molecule has 1 aromatic heterocycles. The molecule has 0 amide bonds. The minimum Gasteiger partial charge on any atom is -0.383 e. The third-order valence-electron chi connectivity index (χ3n) is 4.34. The molecular weight excluding hydrogens is 238 g/mol. The molecular formula is C14H23N5. The molecule has 104 valence electrons. The largest absolute Gasteiger partial charge is 0.383 e. The van der Waals surface area contributed by atoms with Gasteiger partial charge in [0.15, 0.2) is 0 Å². The van der Waals surface area contributed by atoms with Crippen LogP contribution in [0.15, 0.2) is 0 Å². The SMILES string of the molecule is Cc1nc(C2CN3CCN2CC3)nc(N)c1C(C)C. The summed E-state index contributed by atoms with van der Waals surface area (Å²) in [7, 11) is 0. The van der Waals surface area contributed by atoms with Gasteiger partial charge in [-0.1, -0.05) is 13.8 Å². The van der Waals surface area contributed by atoms with Gasteiger partial charge in [-0.3, -0.25) is 9.80 Å².